The maximum absolute atomic E-state index is 10.4. The van der Waals surface area contributed by atoms with Gasteiger partial charge in [0.25, 0.3) is 0 Å². The molecule has 72 valence electrons. The maximum Gasteiger partial charge on any atom is 0.243 e. The molecule has 4 nitrogen and oxygen atoms in total. The van der Waals surface area contributed by atoms with Crippen molar-refractivity contribution >= 4 is 10.9 Å². The van der Waals surface area contributed by atoms with Crippen LogP contribution in [0.5, 0.6) is 0 Å². The van der Waals surface area contributed by atoms with Crippen molar-refractivity contribution < 1.29 is 4.92 Å². The summed E-state index contributed by atoms with van der Waals surface area (Å²) in [5, 5.41) is 11.4. The van der Waals surface area contributed by atoms with Gasteiger partial charge in [0.15, 0.2) is 0 Å². The van der Waals surface area contributed by atoms with Crippen LogP contribution in [0.15, 0.2) is 30.3 Å². The van der Waals surface area contributed by atoms with Crippen molar-refractivity contribution in [1.82, 2.24) is 4.57 Å². The lowest BCUT2D eigenvalue weighted by Crippen LogP contribution is -2.03. The van der Waals surface area contributed by atoms with Gasteiger partial charge in [-0.15, -0.1) is 0 Å². The van der Waals surface area contributed by atoms with Crippen LogP contribution in [-0.4, -0.2) is 9.49 Å². The van der Waals surface area contributed by atoms with Crippen molar-refractivity contribution in [3.63, 3.8) is 0 Å². The standard InChI is InChI=1S/C10H10N2O2/c1-11-9(7-12(13)14)6-8-4-2-3-5-10(8)11/h2-6H,7H2,1H3. The fourth-order valence-electron chi connectivity index (χ4n) is 1.63. The summed E-state index contributed by atoms with van der Waals surface area (Å²) in [6, 6.07) is 9.63. The van der Waals surface area contributed by atoms with E-state index in [4.69, 9.17) is 0 Å². The van der Waals surface area contributed by atoms with Gasteiger partial charge in [-0.25, -0.2) is 0 Å². The molecule has 0 fully saturated rings. The van der Waals surface area contributed by atoms with E-state index in [9.17, 15) is 10.1 Å². The highest BCUT2D eigenvalue weighted by Crippen LogP contribution is 2.18. The zero-order valence-electron chi connectivity index (χ0n) is 7.80. The van der Waals surface area contributed by atoms with E-state index in [2.05, 4.69) is 0 Å². The molecule has 0 saturated heterocycles. The molecule has 0 aliphatic carbocycles. The number of aryl methyl sites for hydroxylation is 1. The van der Waals surface area contributed by atoms with E-state index in [0.29, 0.717) is 0 Å². The molecule has 0 N–H and O–H groups in total. The molecule has 0 spiro atoms. The molecular weight excluding hydrogens is 180 g/mol. The summed E-state index contributed by atoms with van der Waals surface area (Å²) >= 11 is 0. The fourth-order valence-corrected chi connectivity index (χ4v) is 1.63. The van der Waals surface area contributed by atoms with Crippen molar-refractivity contribution in [1.29, 1.82) is 0 Å². The number of hydrogen-bond acceptors (Lipinski definition) is 2. The molecule has 4 heteroatoms. The lowest BCUT2D eigenvalue weighted by molar-refractivity contribution is -0.497. The van der Waals surface area contributed by atoms with E-state index in [1.807, 2.05) is 41.9 Å². The normalized spacial score (nSPS) is 10.6. The molecule has 0 unspecified atom stereocenters. The van der Waals surface area contributed by atoms with E-state index in [1.54, 1.807) is 0 Å². The lowest BCUT2D eigenvalue weighted by Gasteiger charge is -1.98. The van der Waals surface area contributed by atoms with Crippen molar-refractivity contribution in [2.24, 2.45) is 7.05 Å². The van der Waals surface area contributed by atoms with Gasteiger partial charge < -0.3 is 4.57 Å². The zero-order valence-corrected chi connectivity index (χ0v) is 7.80. The highest BCUT2D eigenvalue weighted by Gasteiger charge is 2.09. The van der Waals surface area contributed by atoms with Crippen LogP contribution >= 0.6 is 0 Å². The van der Waals surface area contributed by atoms with Crippen LogP contribution in [0.25, 0.3) is 10.9 Å². The summed E-state index contributed by atoms with van der Waals surface area (Å²) < 4.78 is 1.86. The summed E-state index contributed by atoms with van der Waals surface area (Å²) in [6.07, 6.45) is 0. The molecule has 2 aromatic rings. The van der Waals surface area contributed by atoms with E-state index in [1.165, 1.54) is 0 Å². The summed E-state index contributed by atoms with van der Waals surface area (Å²) in [6.45, 7) is -0.120. The molecule has 0 amide bonds. The van der Waals surface area contributed by atoms with Crippen LogP contribution in [0.2, 0.25) is 0 Å². The SMILES string of the molecule is Cn1c(C[N+](=O)[O-])cc2ccccc21. The van der Waals surface area contributed by atoms with E-state index in [0.717, 1.165) is 16.6 Å². The van der Waals surface area contributed by atoms with E-state index < -0.39 is 0 Å². The Balaban J connectivity index is 2.57. The molecule has 0 radical (unpaired) electrons. The number of aromatic nitrogens is 1. The van der Waals surface area contributed by atoms with Crippen LogP contribution in [0.4, 0.5) is 0 Å². The Kier molecular flexibility index (Phi) is 1.96. The first-order valence-corrected chi connectivity index (χ1v) is 4.33. The van der Waals surface area contributed by atoms with Gasteiger partial charge in [-0.3, -0.25) is 10.1 Å². The maximum atomic E-state index is 10.4. The average molecular weight is 190 g/mol. The van der Waals surface area contributed by atoms with Crippen molar-refractivity contribution in [2.45, 2.75) is 6.54 Å². The Labute approximate surface area is 80.9 Å². The summed E-state index contributed by atoms with van der Waals surface area (Å²) in [7, 11) is 1.85. The fraction of sp³-hybridized carbons (Fsp3) is 0.200. The predicted molar refractivity (Wildman–Crippen MR) is 53.6 cm³/mol. The quantitative estimate of drug-likeness (QED) is 0.536. The van der Waals surface area contributed by atoms with Crippen LogP contribution in [0.1, 0.15) is 5.69 Å². The number of para-hydroxylation sites is 1. The van der Waals surface area contributed by atoms with Crippen LogP contribution in [0, 0.1) is 10.1 Å². The number of nitrogens with zero attached hydrogens (tertiary/aromatic N) is 2. The Bertz CT molecular complexity index is 488. The molecule has 1 heterocycles. The van der Waals surface area contributed by atoms with E-state index in [-0.39, 0.29) is 11.5 Å². The number of fused-ring (bicyclic) bond motifs is 1. The number of hydrogen-bond donors (Lipinski definition) is 0. The molecule has 0 bridgehead atoms. The average Bonchev–Trinajstić information content (AvgIpc) is 2.44. The van der Waals surface area contributed by atoms with Gasteiger partial charge in [0.2, 0.25) is 6.54 Å². The number of nitro groups is 1. The minimum absolute atomic E-state index is 0.120. The second-order valence-corrected chi connectivity index (χ2v) is 3.24. The first-order chi connectivity index (χ1) is 6.68. The van der Waals surface area contributed by atoms with Crippen LogP contribution in [0.3, 0.4) is 0 Å². The summed E-state index contributed by atoms with van der Waals surface area (Å²) in [5.74, 6) is 0. The topological polar surface area (TPSA) is 48.1 Å². The largest absolute Gasteiger partial charge is 0.342 e. The number of benzene rings is 1. The summed E-state index contributed by atoms with van der Waals surface area (Å²) in [5.41, 5.74) is 1.76. The van der Waals surface area contributed by atoms with Gasteiger partial charge in [0.05, 0.1) is 5.69 Å². The highest BCUT2D eigenvalue weighted by atomic mass is 16.6. The highest BCUT2D eigenvalue weighted by molar-refractivity contribution is 5.81. The second kappa shape index (κ2) is 3.14. The number of rotatable bonds is 2. The third kappa shape index (κ3) is 1.35. The molecule has 0 aliphatic heterocycles. The van der Waals surface area contributed by atoms with Gasteiger partial charge in [-0.1, -0.05) is 18.2 Å². The smallest absolute Gasteiger partial charge is 0.243 e. The Morgan fingerprint density at radius 2 is 2.14 bits per heavy atom. The Morgan fingerprint density at radius 3 is 2.79 bits per heavy atom. The molecule has 2 rings (SSSR count). The predicted octanol–water partition coefficient (Wildman–Crippen LogP) is 1.95. The molecule has 1 aromatic heterocycles. The van der Waals surface area contributed by atoms with Gasteiger partial charge in [-0.2, -0.15) is 0 Å². The van der Waals surface area contributed by atoms with Crippen LogP contribution in [-0.2, 0) is 13.6 Å². The molecular formula is C10H10N2O2. The van der Waals surface area contributed by atoms with Crippen molar-refractivity contribution in [3.8, 4) is 0 Å². The van der Waals surface area contributed by atoms with Crippen molar-refractivity contribution in [2.75, 3.05) is 0 Å². The minimum Gasteiger partial charge on any atom is -0.342 e. The third-order valence-electron chi connectivity index (χ3n) is 2.34. The Hall–Kier alpha value is -1.84. The van der Waals surface area contributed by atoms with E-state index >= 15 is 0 Å². The first kappa shape index (κ1) is 8.74. The van der Waals surface area contributed by atoms with Crippen molar-refractivity contribution in [3.05, 3.63) is 46.1 Å². The van der Waals surface area contributed by atoms with Gasteiger partial charge >= 0.3 is 0 Å². The minimum atomic E-state index is -0.311. The van der Waals surface area contributed by atoms with Crippen LogP contribution < -0.4 is 0 Å². The lowest BCUT2D eigenvalue weighted by atomic mass is 10.2. The molecule has 14 heavy (non-hydrogen) atoms. The third-order valence-corrected chi connectivity index (χ3v) is 2.34. The molecule has 0 saturated carbocycles. The summed E-state index contributed by atoms with van der Waals surface area (Å²) in [4.78, 5) is 10.1. The van der Waals surface area contributed by atoms with Gasteiger partial charge in [0.1, 0.15) is 0 Å². The molecule has 0 atom stereocenters. The molecule has 0 aliphatic rings. The second-order valence-electron chi connectivity index (χ2n) is 3.24. The Morgan fingerprint density at radius 1 is 1.43 bits per heavy atom. The van der Waals surface area contributed by atoms with Gasteiger partial charge in [0, 0.05) is 22.9 Å². The molecule has 1 aromatic carbocycles. The zero-order chi connectivity index (χ0) is 10.1. The monoisotopic (exact) mass is 190 g/mol. The van der Waals surface area contributed by atoms with Gasteiger partial charge in [-0.05, 0) is 12.1 Å². The first-order valence-electron chi connectivity index (χ1n) is 4.33.